The molecule has 7 unspecified atom stereocenters. The molecule has 9 heteroatoms. The molecule has 9 nitrogen and oxygen atoms in total. The summed E-state index contributed by atoms with van der Waals surface area (Å²) < 4.78 is 11.2. The molecule has 6 N–H and O–H groups in total. The van der Waals surface area contributed by atoms with Crippen molar-refractivity contribution in [2.24, 2.45) is 0 Å². The van der Waals surface area contributed by atoms with Crippen molar-refractivity contribution < 1.29 is 39.8 Å². The number of hydrogen-bond donors (Lipinski definition) is 6. The summed E-state index contributed by atoms with van der Waals surface area (Å²) in [6.07, 6.45) is 58.2. The van der Waals surface area contributed by atoms with Gasteiger partial charge in [0.15, 0.2) is 6.29 Å². The molecule has 0 radical (unpaired) electrons. The number of ether oxygens (including phenoxy) is 2. The molecule has 1 fully saturated rings. The fraction of sp³-hybridized carbons (Fsp3) is 0.776. The third-order valence-corrected chi connectivity index (χ3v) is 12.7. The van der Waals surface area contributed by atoms with Crippen LogP contribution in [0.3, 0.4) is 0 Å². The zero-order chi connectivity index (χ0) is 48.7. The smallest absolute Gasteiger partial charge is 0.220 e. The van der Waals surface area contributed by atoms with Crippen LogP contribution in [0.25, 0.3) is 0 Å². The lowest BCUT2D eigenvalue weighted by Gasteiger charge is -2.40. The quantitative estimate of drug-likeness (QED) is 0.0261. The number of nitrogens with one attached hydrogen (secondary N) is 1. The maximum Gasteiger partial charge on any atom is 0.220 e. The summed E-state index contributed by atoms with van der Waals surface area (Å²) in [7, 11) is 0. The van der Waals surface area contributed by atoms with Gasteiger partial charge in [0.05, 0.1) is 25.4 Å². The normalized spacial score (nSPS) is 20.3. The molecule has 1 saturated heterocycles. The highest BCUT2D eigenvalue weighted by Crippen LogP contribution is 2.23. The second kappa shape index (κ2) is 47.3. The predicted octanol–water partition coefficient (Wildman–Crippen LogP) is 13.3. The highest BCUT2D eigenvalue weighted by molar-refractivity contribution is 5.76. The van der Waals surface area contributed by atoms with E-state index in [1.54, 1.807) is 6.08 Å². The number of hydrogen-bond acceptors (Lipinski definition) is 8. The van der Waals surface area contributed by atoms with Gasteiger partial charge in [0.2, 0.25) is 5.91 Å². The van der Waals surface area contributed by atoms with Crippen molar-refractivity contribution in [1.82, 2.24) is 5.32 Å². The summed E-state index contributed by atoms with van der Waals surface area (Å²) in [5.41, 5.74) is 0. The van der Waals surface area contributed by atoms with E-state index in [0.29, 0.717) is 6.42 Å². The molecule has 0 aromatic rings. The van der Waals surface area contributed by atoms with E-state index in [1.807, 2.05) is 6.08 Å². The topological polar surface area (TPSA) is 149 Å². The van der Waals surface area contributed by atoms with Gasteiger partial charge in [0.25, 0.3) is 0 Å². The van der Waals surface area contributed by atoms with Crippen molar-refractivity contribution >= 4 is 5.91 Å². The van der Waals surface area contributed by atoms with Gasteiger partial charge in [-0.2, -0.15) is 0 Å². The Morgan fingerprint density at radius 2 is 0.896 bits per heavy atom. The average Bonchev–Trinajstić information content (AvgIpc) is 3.33. The Morgan fingerprint density at radius 1 is 0.507 bits per heavy atom. The number of rotatable bonds is 46. The van der Waals surface area contributed by atoms with Crippen molar-refractivity contribution in [3.05, 3.63) is 72.9 Å². The molecule has 1 rings (SSSR count). The number of carbonyl (C=O) groups is 1. The minimum absolute atomic E-state index is 0.193. The fourth-order valence-electron chi connectivity index (χ4n) is 8.31. The van der Waals surface area contributed by atoms with Crippen molar-refractivity contribution in [2.75, 3.05) is 13.2 Å². The van der Waals surface area contributed by atoms with Gasteiger partial charge in [-0.25, -0.2) is 0 Å². The van der Waals surface area contributed by atoms with E-state index in [-0.39, 0.29) is 12.5 Å². The molecule has 1 amide bonds. The van der Waals surface area contributed by atoms with Crippen LogP contribution in [0.4, 0.5) is 0 Å². The molecule has 7 atom stereocenters. The Balaban J connectivity index is 2.22. The Hall–Kier alpha value is -2.37. The van der Waals surface area contributed by atoms with Crippen LogP contribution in [-0.4, -0.2) is 87.5 Å². The minimum Gasteiger partial charge on any atom is -0.394 e. The molecule has 0 aliphatic carbocycles. The summed E-state index contributed by atoms with van der Waals surface area (Å²) in [6, 6.07) is -0.831. The number of amides is 1. The van der Waals surface area contributed by atoms with Crippen LogP contribution in [0.15, 0.2) is 72.9 Å². The van der Waals surface area contributed by atoms with Gasteiger partial charge in [-0.15, -0.1) is 0 Å². The average molecular weight is 942 g/mol. The van der Waals surface area contributed by atoms with Crippen LogP contribution in [0.1, 0.15) is 232 Å². The van der Waals surface area contributed by atoms with Gasteiger partial charge in [-0.3, -0.25) is 4.79 Å². The van der Waals surface area contributed by atoms with E-state index in [1.165, 1.54) is 148 Å². The first-order valence-corrected chi connectivity index (χ1v) is 27.7. The molecule has 0 aromatic heterocycles. The van der Waals surface area contributed by atoms with Crippen LogP contribution >= 0.6 is 0 Å². The number of allylic oxidation sites excluding steroid dienone is 11. The van der Waals surface area contributed by atoms with Crippen LogP contribution in [0, 0.1) is 0 Å². The number of aliphatic hydroxyl groups is 5. The van der Waals surface area contributed by atoms with Crippen LogP contribution in [0.2, 0.25) is 0 Å². The minimum atomic E-state index is -1.58. The molecule has 67 heavy (non-hydrogen) atoms. The molecule has 0 saturated carbocycles. The summed E-state index contributed by atoms with van der Waals surface area (Å²) >= 11 is 0. The van der Waals surface area contributed by atoms with Crippen molar-refractivity contribution in [1.29, 1.82) is 0 Å². The zero-order valence-corrected chi connectivity index (χ0v) is 42.9. The Labute approximate surface area is 410 Å². The largest absolute Gasteiger partial charge is 0.394 e. The first kappa shape index (κ1) is 62.6. The Morgan fingerprint density at radius 3 is 1.36 bits per heavy atom. The fourth-order valence-corrected chi connectivity index (χ4v) is 8.31. The molecule has 0 bridgehead atoms. The highest BCUT2D eigenvalue weighted by Gasteiger charge is 2.44. The maximum atomic E-state index is 13.0. The number of unbranched alkanes of at least 4 members (excludes halogenated alkanes) is 26. The van der Waals surface area contributed by atoms with Crippen molar-refractivity contribution in [3.63, 3.8) is 0 Å². The standard InChI is InChI=1S/C58H103NO8/c1-3-5-7-9-11-13-15-17-19-20-21-22-23-24-25-26-27-28-29-30-31-32-34-36-38-40-42-44-46-48-54(62)59-51(50-66-58-57(65)56(64)55(63)53(49-60)67-58)52(61)47-45-43-41-39-37-35-33-18-16-14-12-10-8-6-4-2/h15-18,20-21,23-24,37,39,45,47,51-53,55-58,60-61,63-65H,3-14,19,22,25-36,38,40-44,46,48-50H2,1-2H3,(H,59,62)/b17-15-,18-16+,21-20-,24-23-,39-37+,47-45+. The summed E-state index contributed by atoms with van der Waals surface area (Å²) in [5, 5.41) is 54.3. The van der Waals surface area contributed by atoms with E-state index >= 15 is 0 Å². The highest BCUT2D eigenvalue weighted by atomic mass is 16.7. The molecule has 1 aliphatic heterocycles. The monoisotopic (exact) mass is 942 g/mol. The van der Waals surface area contributed by atoms with Crippen molar-refractivity contribution in [2.45, 2.75) is 275 Å². The molecule has 0 spiro atoms. The van der Waals surface area contributed by atoms with Crippen LogP contribution in [0.5, 0.6) is 0 Å². The zero-order valence-electron chi connectivity index (χ0n) is 42.9. The van der Waals surface area contributed by atoms with Gasteiger partial charge in [0.1, 0.15) is 24.4 Å². The van der Waals surface area contributed by atoms with Gasteiger partial charge in [0, 0.05) is 6.42 Å². The lowest BCUT2D eigenvalue weighted by molar-refractivity contribution is -0.302. The van der Waals surface area contributed by atoms with E-state index in [2.05, 4.69) is 79.9 Å². The van der Waals surface area contributed by atoms with Crippen LogP contribution in [-0.2, 0) is 14.3 Å². The second-order valence-electron chi connectivity index (χ2n) is 19.0. The van der Waals surface area contributed by atoms with Gasteiger partial charge >= 0.3 is 0 Å². The van der Waals surface area contributed by atoms with E-state index in [0.717, 1.165) is 64.2 Å². The number of aliphatic hydroxyl groups excluding tert-OH is 5. The molecular weight excluding hydrogens is 839 g/mol. The van der Waals surface area contributed by atoms with Gasteiger partial charge in [-0.05, 0) is 83.5 Å². The summed E-state index contributed by atoms with van der Waals surface area (Å²) in [6.45, 7) is 3.73. The summed E-state index contributed by atoms with van der Waals surface area (Å²) in [4.78, 5) is 13.0. The van der Waals surface area contributed by atoms with E-state index in [9.17, 15) is 30.3 Å². The summed E-state index contributed by atoms with van der Waals surface area (Å²) in [5.74, 6) is -0.193. The predicted molar refractivity (Wildman–Crippen MR) is 281 cm³/mol. The van der Waals surface area contributed by atoms with Crippen molar-refractivity contribution in [3.8, 4) is 0 Å². The molecule has 388 valence electrons. The number of carbonyl (C=O) groups excluding carboxylic acids is 1. The molecular formula is C58H103NO8. The lowest BCUT2D eigenvalue weighted by atomic mass is 9.99. The SMILES string of the molecule is CCCCCCC/C=C\C/C=C\C/C=C\CCCCCCCCCCCCCCCCC(=O)NC(COC1OC(CO)C(O)C(O)C1O)C(O)/C=C/CC/C=C/CC/C=C/CCCCCCC. The first-order chi connectivity index (χ1) is 32.8. The molecule has 0 aromatic carbocycles. The van der Waals surface area contributed by atoms with E-state index < -0.39 is 49.5 Å². The van der Waals surface area contributed by atoms with Gasteiger partial charge < -0.3 is 40.3 Å². The van der Waals surface area contributed by atoms with E-state index in [4.69, 9.17) is 9.47 Å². The third-order valence-electron chi connectivity index (χ3n) is 12.7. The van der Waals surface area contributed by atoms with Crippen LogP contribution < -0.4 is 5.32 Å². The maximum absolute atomic E-state index is 13.0. The Bertz CT molecular complexity index is 1280. The van der Waals surface area contributed by atoms with Gasteiger partial charge in [-0.1, -0.05) is 215 Å². The lowest BCUT2D eigenvalue weighted by Crippen LogP contribution is -2.60. The third kappa shape index (κ3) is 37.2. The second-order valence-corrected chi connectivity index (χ2v) is 19.0. The first-order valence-electron chi connectivity index (χ1n) is 27.7. The molecule has 1 aliphatic rings. The Kier molecular flexibility index (Phi) is 44.2. The molecule has 1 heterocycles.